The zero-order valence-electron chi connectivity index (χ0n) is 14.9. The van der Waals surface area contributed by atoms with Crippen molar-refractivity contribution in [2.75, 3.05) is 20.3 Å². The molecule has 1 aromatic carbocycles. The van der Waals surface area contributed by atoms with E-state index in [1.54, 1.807) is 13.0 Å². The van der Waals surface area contributed by atoms with Crippen molar-refractivity contribution in [3.05, 3.63) is 33.8 Å². The number of esters is 2. The number of hydrogen-bond donors (Lipinski definition) is 0. The SMILES string of the molecule is CCOC(=O)CN1[C@H]2CC[C@@H]1[C@H](C(=O)OC)[C@@H](c1ccc(Cl)c(Cl)c1)C2. The van der Waals surface area contributed by atoms with E-state index in [4.69, 9.17) is 32.7 Å². The third kappa shape index (κ3) is 3.71. The largest absolute Gasteiger partial charge is 0.469 e. The van der Waals surface area contributed by atoms with Crippen molar-refractivity contribution in [1.82, 2.24) is 4.90 Å². The average Bonchev–Trinajstić information content (AvgIpc) is 2.88. The number of carbonyl (C=O) groups is 2. The number of rotatable bonds is 5. The first kappa shape index (κ1) is 19.5. The molecule has 5 nitrogen and oxygen atoms in total. The fourth-order valence-electron chi connectivity index (χ4n) is 4.46. The highest BCUT2D eigenvalue weighted by Crippen LogP contribution is 2.48. The third-order valence-electron chi connectivity index (χ3n) is 5.53. The minimum atomic E-state index is -0.342. The van der Waals surface area contributed by atoms with E-state index in [9.17, 15) is 9.59 Å². The zero-order chi connectivity index (χ0) is 18.8. The van der Waals surface area contributed by atoms with Gasteiger partial charge in [0.25, 0.3) is 0 Å². The van der Waals surface area contributed by atoms with Crippen LogP contribution in [0.4, 0.5) is 0 Å². The van der Waals surface area contributed by atoms with E-state index in [0.29, 0.717) is 16.7 Å². The predicted octanol–water partition coefficient (Wildman–Crippen LogP) is 3.67. The lowest BCUT2D eigenvalue weighted by molar-refractivity contribution is -0.154. The molecule has 3 rings (SSSR count). The second-order valence-corrected chi connectivity index (χ2v) is 7.65. The van der Waals surface area contributed by atoms with Crippen LogP contribution in [0.1, 0.15) is 37.7 Å². The Morgan fingerprint density at radius 3 is 2.65 bits per heavy atom. The number of methoxy groups -OCH3 is 1. The number of carbonyl (C=O) groups excluding carboxylic acids is 2. The molecule has 26 heavy (non-hydrogen) atoms. The highest BCUT2D eigenvalue weighted by atomic mass is 35.5. The molecule has 0 N–H and O–H groups in total. The van der Waals surface area contributed by atoms with Gasteiger partial charge >= 0.3 is 11.9 Å². The number of benzene rings is 1. The van der Waals surface area contributed by atoms with Gasteiger partial charge in [0.2, 0.25) is 0 Å². The zero-order valence-corrected chi connectivity index (χ0v) is 16.4. The summed E-state index contributed by atoms with van der Waals surface area (Å²) in [6.45, 7) is 2.36. The number of piperidine rings is 1. The standard InChI is InChI=1S/C19H23Cl2NO4/c1-3-26-17(23)10-22-12-5-7-16(22)18(19(24)25-2)13(9-12)11-4-6-14(20)15(21)8-11/h4,6,8,12-13,16,18H,3,5,7,9-10H2,1-2H3/t12-,13+,16+,18+/m0/s1. The van der Waals surface area contributed by atoms with Crippen molar-refractivity contribution in [2.24, 2.45) is 5.92 Å². The Morgan fingerprint density at radius 1 is 1.23 bits per heavy atom. The lowest BCUT2D eigenvalue weighted by Crippen LogP contribution is -2.52. The first-order valence-electron chi connectivity index (χ1n) is 8.90. The van der Waals surface area contributed by atoms with Crippen LogP contribution < -0.4 is 0 Å². The number of halogens is 2. The Kier molecular flexibility index (Phi) is 6.10. The number of nitrogens with zero attached hydrogens (tertiary/aromatic N) is 1. The van der Waals surface area contributed by atoms with Crippen LogP contribution in [0.25, 0.3) is 0 Å². The molecule has 0 unspecified atom stereocenters. The van der Waals surface area contributed by atoms with Gasteiger partial charge in [0, 0.05) is 18.0 Å². The molecule has 1 aromatic rings. The maximum Gasteiger partial charge on any atom is 0.320 e. The topological polar surface area (TPSA) is 55.8 Å². The van der Waals surface area contributed by atoms with E-state index >= 15 is 0 Å². The highest BCUT2D eigenvalue weighted by Gasteiger charge is 2.51. The molecule has 0 radical (unpaired) electrons. The quantitative estimate of drug-likeness (QED) is 0.706. The smallest absolute Gasteiger partial charge is 0.320 e. The Morgan fingerprint density at radius 2 is 2.00 bits per heavy atom. The summed E-state index contributed by atoms with van der Waals surface area (Å²) in [6.07, 6.45) is 2.59. The Balaban J connectivity index is 1.90. The van der Waals surface area contributed by atoms with Gasteiger partial charge in [-0.05, 0) is 43.9 Å². The molecule has 7 heteroatoms. The molecular weight excluding hydrogens is 377 g/mol. The van der Waals surface area contributed by atoms with Gasteiger partial charge in [0.05, 0.1) is 36.2 Å². The summed E-state index contributed by atoms with van der Waals surface area (Å²) in [4.78, 5) is 26.7. The normalized spacial score (nSPS) is 28.0. The van der Waals surface area contributed by atoms with Crippen molar-refractivity contribution in [3.8, 4) is 0 Å². The second-order valence-electron chi connectivity index (χ2n) is 6.84. The van der Waals surface area contributed by atoms with Crippen LogP contribution in [0.2, 0.25) is 10.0 Å². The molecule has 2 heterocycles. The molecule has 0 spiro atoms. The number of hydrogen-bond acceptors (Lipinski definition) is 5. The van der Waals surface area contributed by atoms with Gasteiger partial charge in [0.1, 0.15) is 0 Å². The summed E-state index contributed by atoms with van der Waals surface area (Å²) in [5.41, 5.74) is 0.988. The summed E-state index contributed by atoms with van der Waals surface area (Å²) < 4.78 is 10.2. The fraction of sp³-hybridized carbons (Fsp3) is 0.579. The molecule has 2 saturated heterocycles. The van der Waals surface area contributed by atoms with Gasteiger partial charge in [-0.2, -0.15) is 0 Å². The van der Waals surface area contributed by atoms with Crippen LogP contribution in [0, 0.1) is 5.92 Å². The molecule has 0 amide bonds. The van der Waals surface area contributed by atoms with E-state index in [2.05, 4.69) is 4.90 Å². The van der Waals surface area contributed by atoms with E-state index in [-0.39, 0.29) is 42.4 Å². The molecule has 2 aliphatic heterocycles. The Hall–Kier alpha value is -1.30. The Labute approximate surface area is 163 Å². The molecule has 0 aromatic heterocycles. The minimum absolute atomic E-state index is 0.00633. The van der Waals surface area contributed by atoms with Crippen LogP contribution in [-0.4, -0.2) is 49.2 Å². The van der Waals surface area contributed by atoms with Crippen LogP contribution in [0.15, 0.2) is 18.2 Å². The van der Waals surface area contributed by atoms with Crippen LogP contribution >= 0.6 is 23.2 Å². The molecule has 0 saturated carbocycles. The summed E-state index contributed by atoms with van der Waals surface area (Å²) >= 11 is 12.2. The van der Waals surface area contributed by atoms with Gasteiger partial charge in [0.15, 0.2) is 0 Å². The van der Waals surface area contributed by atoms with E-state index in [1.165, 1.54) is 7.11 Å². The van der Waals surface area contributed by atoms with Gasteiger partial charge < -0.3 is 9.47 Å². The molecule has 4 atom stereocenters. The predicted molar refractivity (Wildman–Crippen MR) is 99.5 cm³/mol. The molecule has 2 fully saturated rings. The van der Waals surface area contributed by atoms with E-state index in [0.717, 1.165) is 24.8 Å². The van der Waals surface area contributed by atoms with Crippen LogP contribution in [0.3, 0.4) is 0 Å². The Bertz CT molecular complexity index is 696. The van der Waals surface area contributed by atoms with Crippen molar-refractivity contribution in [3.63, 3.8) is 0 Å². The van der Waals surface area contributed by atoms with Crippen molar-refractivity contribution in [1.29, 1.82) is 0 Å². The fourth-order valence-corrected chi connectivity index (χ4v) is 4.77. The minimum Gasteiger partial charge on any atom is -0.469 e. The molecular formula is C19H23Cl2NO4. The van der Waals surface area contributed by atoms with Crippen molar-refractivity contribution in [2.45, 2.75) is 44.2 Å². The van der Waals surface area contributed by atoms with Crippen LogP contribution in [-0.2, 0) is 19.1 Å². The van der Waals surface area contributed by atoms with Gasteiger partial charge in [-0.15, -0.1) is 0 Å². The summed E-state index contributed by atoms with van der Waals surface area (Å²) in [7, 11) is 1.41. The summed E-state index contributed by atoms with van der Waals surface area (Å²) in [5.74, 6) is -0.847. The maximum absolute atomic E-state index is 12.6. The number of ether oxygens (including phenoxy) is 2. The highest BCUT2D eigenvalue weighted by molar-refractivity contribution is 6.42. The van der Waals surface area contributed by atoms with Gasteiger partial charge in [-0.1, -0.05) is 29.3 Å². The van der Waals surface area contributed by atoms with E-state index < -0.39 is 0 Å². The van der Waals surface area contributed by atoms with E-state index in [1.807, 2.05) is 12.1 Å². The number of fused-ring (bicyclic) bond motifs is 2. The van der Waals surface area contributed by atoms with Gasteiger partial charge in [-0.3, -0.25) is 14.5 Å². The van der Waals surface area contributed by atoms with Crippen molar-refractivity contribution < 1.29 is 19.1 Å². The maximum atomic E-state index is 12.6. The first-order valence-corrected chi connectivity index (χ1v) is 9.66. The lowest BCUT2D eigenvalue weighted by atomic mass is 9.76. The molecule has 2 bridgehead atoms. The molecule has 142 valence electrons. The molecule has 0 aliphatic carbocycles. The van der Waals surface area contributed by atoms with Gasteiger partial charge in [-0.25, -0.2) is 0 Å². The third-order valence-corrected chi connectivity index (χ3v) is 6.27. The summed E-state index contributed by atoms with van der Waals surface area (Å²) in [5, 5.41) is 0.974. The molecule has 2 aliphatic rings. The second kappa shape index (κ2) is 8.15. The average molecular weight is 400 g/mol. The first-order chi connectivity index (χ1) is 12.5. The lowest BCUT2D eigenvalue weighted by Gasteiger charge is -2.43. The monoisotopic (exact) mass is 399 g/mol. The summed E-state index contributed by atoms with van der Waals surface area (Å²) in [6, 6.07) is 5.73. The van der Waals surface area contributed by atoms with Crippen LogP contribution in [0.5, 0.6) is 0 Å². The van der Waals surface area contributed by atoms with Crippen molar-refractivity contribution >= 4 is 35.1 Å².